The molecule has 0 saturated heterocycles. The summed E-state index contributed by atoms with van der Waals surface area (Å²) in [6.07, 6.45) is 0. The Kier molecular flexibility index (Phi) is 7.27. The van der Waals surface area contributed by atoms with Gasteiger partial charge in [0.25, 0.3) is 15.9 Å². The van der Waals surface area contributed by atoms with E-state index in [1.54, 1.807) is 43.5 Å². The number of hydrogen-bond acceptors (Lipinski definition) is 5. The molecule has 0 radical (unpaired) electrons. The van der Waals surface area contributed by atoms with Crippen molar-refractivity contribution in [3.63, 3.8) is 0 Å². The van der Waals surface area contributed by atoms with Crippen molar-refractivity contribution < 1.29 is 22.7 Å². The van der Waals surface area contributed by atoms with Gasteiger partial charge in [0.05, 0.1) is 35.4 Å². The number of rotatable bonds is 8. The van der Waals surface area contributed by atoms with Gasteiger partial charge in [0, 0.05) is 13.6 Å². The smallest absolute Gasteiger partial charge is 0.264 e. The van der Waals surface area contributed by atoms with E-state index in [1.807, 2.05) is 12.1 Å². The number of nitrogens with zero attached hydrogens (tertiary/aromatic N) is 1. The summed E-state index contributed by atoms with van der Waals surface area (Å²) in [6.45, 7) is 0.252. The second kappa shape index (κ2) is 9.93. The topological polar surface area (TPSA) is 84.9 Å². The largest absolute Gasteiger partial charge is 0.497 e. The van der Waals surface area contributed by atoms with Crippen molar-refractivity contribution in [3.05, 3.63) is 82.9 Å². The van der Waals surface area contributed by atoms with E-state index < -0.39 is 15.9 Å². The molecule has 3 aromatic rings. The van der Waals surface area contributed by atoms with Crippen molar-refractivity contribution in [1.29, 1.82) is 0 Å². The van der Waals surface area contributed by atoms with Crippen LogP contribution in [0.15, 0.2) is 71.6 Å². The number of ether oxygens (including phenoxy) is 2. The molecule has 32 heavy (non-hydrogen) atoms. The molecule has 0 unspecified atom stereocenters. The zero-order valence-corrected chi connectivity index (χ0v) is 19.4. The van der Waals surface area contributed by atoms with Gasteiger partial charge in [0.2, 0.25) is 0 Å². The van der Waals surface area contributed by atoms with Gasteiger partial charge in [-0.1, -0.05) is 23.7 Å². The van der Waals surface area contributed by atoms with E-state index in [0.717, 1.165) is 9.87 Å². The molecule has 0 aliphatic rings. The first-order valence-electron chi connectivity index (χ1n) is 9.60. The number of sulfonamides is 1. The van der Waals surface area contributed by atoms with Gasteiger partial charge in [0.15, 0.2) is 0 Å². The van der Waals surface area contributed by atoms with E-state index in [2.05, 4.69) is 5.32 Å². The molecule has 0 aliphatic carbocycles. The molecular formula is C23H23ClN2O5S. The van der Waals surface area contributed by atoms with Crippen LogP contribution in [-0.4, -0.2) is 35.6 Å². The van der Waals surface area contributed by atoms with Crippen LogP contribution in [0.25, 0.3) is 0 Å². The van der Waals surface area contributed by atoms with Crippen LogP contribution in [-0.2, 0) is 16.6 Å². The standard InChI is InChI=1S/C23H23ClN2O5S/c1-26(17-6-10-19(31-3)11-7-17)32(28,29)20-12-13-22(24)21(14-20)23(27)25-15-16-4-8-18(30-2)9-5-16/h4-14H,15H2,1-3H3,(H,25,27). The monoisotopic (exact) mass is 474 g/mol. The summed E-state index contributed by atoms with van der Waals surface area (Å²) in [7, 11) is 0.628. The summed E-state index contributed by atoms with van der Waals surface area (Å²) in [4.78, 5) is 12.7. The Bertz CT molecular complexity index is 1200. The average molecular weight is 475 g/mol. The summed E-state index contributed by atoms with van der Waals surface area (Å²) < 4.78 is 37.6. The number of methoxy groups -OCH3 is 2. The van der Waals surface area contributed by atoms with Gasteiger partial charge in [-0.15, -0.1) is 0 Å². The Labute approximate surface area is 192 Å². The molecule has 3 rings (SSSR count). The summed E-state index contributed by atoms with van der Waals surface area (Å²) in [5, 5.41) is 2.92. The lowest BCUT2D eigenvalue weighted by atomic mass is 10.2. The fourth-order valence-corrected chi connectivity index (χ4v) is 4.37. The van der Waals surface area contributed by atoms with Gasteiger partial charge in [-0.05, 0) is 60.2 Å². The number of nitrogens with one attached hydrogen (secondary N) is 1. The molecule has 3 aromatic carbocycles. The zero-order chi connectivity index (χ0) is 23.3. The molecule has 0 aromatic heterocycles. The van der Waals surface area contributed by atoms with E-state index in [1.165, 1.54) is 32.4 Å². The molecule has 0 saturated carbocycles. The highest BCUT2D eigenvalue weighted by molar-refractivity contribution is 7.92. The molecule has 168 valence electrons. The minimum Gasteiger partial charge on any atom is -0.497 e. The predicted octanol–water partition coefficient (Wildman–Crippen LogP) is 4.11. The molecule has 0 aliphatic heterocycles. The molecule has 0 spiro atoms. The van der Waals surface area contributed by atoms with Gasteiger partial charge in [-0.3, -0.25) is 9.10 Å². The summed E-state index contributed by atoms with van der Waals surface area (Å²) >= 11 is 6.19. The average Bonchev–Trinajstić information content (AvgIpc) is 2.82. The summed E-state index contributed by atoms with van der Waals surface area (Å²) in [6, 6.07) is 17.9. The maximum Gasteiger partial charge on any atom is 0.264 e. The summed E-state index contributed by atoms with van der Waals surface area (Å²) in [5.41, 5.74) is 1.38. The first kappa shape index (κ1) is 23.4. The van der Waals surface area contributed by atoms with Crippen molar-refractivity contribution in [2.45, 2.75) is 11.4 Å². The normalized spacial score (nSPS) is 11.0. The highest BCUT2D eigenvalue weighted by atomic mass is 35.5. The minimum atomic E-state index is -3.92. The highest BCUT2D eigenvalue weighted by Gasteiger charge is 2.24. The minimum absolute atomic E-state index is 0.0465. The Morgan fingerprint density at radius 3 is 2.06 bits per heavy atom. The van der Waals surface area contributed by atoms with Crippen LogP contribution in [0.2, 0.25) is 5.02 Å². The molecule has 7 nitrogen and oxygen atoms in total. The first-order valence-corrected chi connectivity index (χ1v) is 11.4. The quantitative estimate of drug-likeness (QED) is 0.531. The molecule has 0 bridgehead atoms. The third-order valence-electron chi connectivity index (χ3n) is 4.89. The number of carbonyl (C=O) groups excluding carboxylic acids is 1. The van der Waals surface area contributed by atoms with Crippen molar-refractivity contribution in [1.82, 2.24) is 5.32 Å². The number of carbonyl (C=O) groups is 1. The van der Waals surface area contributed by atoms with E-state index >= 15 is 0 Å². The second-order valence-corrected chi connectivity index (χ2v) is 9.22. The first-order chi connectivity index (χ1) is 15.3. The molecule has 0 heterocycles. The van der Waals surface area contributed by atoms with Crippen LogP contribution in [0.3, 0.4) is 0 Å². The number of hydrogen-bond donors (Lipinski definition) is 1. The van der Waals surface area contributed by atoms with Gasteiger partial charge >= 0.3 is 0 Å². The fourth-order valence-electron chi connectivity index (χ4n) is 2.95. The Hall–Kier alpha value is -3.23. The number of anilines is 1. The SMILES string of the molecule is COc1ccc(CNC(=O)c2cc(S(=O)(=O)N(C)c3ccc(OC)cc3)ccc2Cl)cc1. The van der Waals surface area contributed by atoms with Crippen LogP contribution in [0.5, 0.6) is 11.5 Å². The van der Waals surface area contributed by atoms with E-state index in [4.69, 9.17) is 21.1 Å². The number of benzene rings is 3. The molecule has 0 atom stereocenters. The van der Waals surface area contributed by atoms with Crippen LogP contribution in [0.4, 0.5) is 5.69 Å². The molecule has 1 N–H and O–H groups in total. The fraction of sp³-hybridized carbons (Fsp3) is 0.174. The third kappa shape index (κ3) is 5.15. The molecule has 1 amide bonds. The van der Waals surface area contributed by atoms with Crippen LogP contribution in [0.1, 0.15) is 15.9 Å². The van der Waals surface area contributed by atoms with Gasteiger partial charge in [-0.25, -0.2) is 8.42 Å². The Morgan fingerprint density at radius 1 is 0.938 bits per heavy atom. The van der Waals surface area contributed by atoms with E-state index in [0.29, 0.717) is 17.2 Å². The van der Waals surface area contributed by atoms with Crippen molar-refractivity contribution in [2.75, 3.05) is 25.6 Å². The second-order valence-electron chi connectivity index (χ2n) is 6.84. The van der Waals surface area contributed by atoms with Gasteiger partial charge in [0.1, 0.15) is 11.5 Å². The summed E-state index contributed by atoms with van der Waals surface area (Å²) in [5.74, 6) is 0.846. The molecule has 9 heteroatoms. The lowest BCUT2D eigenvalue weighted by Crippen LogP contribution is -2.27. The Balaban J connectivity index is 1.80. The molecule has 0 fully saturated rings. The van der Waals surface area contributed by atoms with Crippen molar-refractivity contribution in [2.24, 2.45) is 0 Å². The lowest BCUT2D eigenvalue weighted by molar-refractivity contribution is 0.0951. The van der Waals surface area contributed by atoms with E-state index in [-0.39, 0.29) is 22.0 Å². The van der Waals surface area contributed by atoms with E-state index in [9.17, 15) is 13.2 Å². The Morgan fingerprint density at radius 2 is 1.50 bits per heavy atom. The van der Waals surface area contributed by atoms with Gasteiger partial charge < -0.3 is 14.8 Å². The zero-order valence-electron chi connectivity index (χ0n) is 17.8. The third-order valence-corrected chi connectivity index (χ3v) is 7.00. The van der Waals surface area contributed by atoms with Gasteiger partial charge in [-0.2, -0.15) is 0 Å². The lowest BCUT2D eigenvalue weighted by Gasteiger charge is -2.20. The van der Waals surface area contributed by atoms with Crippen molar-refractivity contribution in [3.8, 4) is 11.5 Å². The number of amides is 1. The number of halogens is 1. The highest BCUT2D eigenvalue weighted by Crippen LogP contribution is 2.27. The van der Waals surface area contributed by atoms with Crippen LogP contribution < -0.4 is 19.1 Å². The molecular weight excluding hydrogens is 452 g/mol. The predicted molar refractivity (Wildman–Crippen MR) is 124 cm³/mol. The van der Waals surface area contributed by atoms with Crippen LogP contribution >= 0.6 is 11.6 Å². The maximum absolute atomic E-state index is 13.1. The maximum atomic E-state index is 13.1. The van der Waals surface area contributed by atoms with Crippen molar-refractivity contribution >= 4 is 33.2 Å². The van der Waals surface area contributed by atoms with Crippen LogP contribution in [0, 0.1) is 0 Å².